The molecular formula is C32H36N2O9. The average Bonchev–Trinajstić information content (AvgIpc) is 3.73. The highest BCUT2D eigenvalue weighted by molar-refractivity contribution is 6.25. The summed E-state index contributed by atoms with van der Waals surface area (Å²) in [6.45, 7) is 6.00. The third-order valence-corrected chi connectivity index (χ3v) is 7.33. The fraction of sp³-hybridized carbons (Fsp3) is 0.438. The minimum atomic E-state index is -0.644. The lowest BCUT2D eigenvalue weighted by Gasteiger charge is -2.15. The van der Waals surface area contributed by atoms with E-state index in [1.807, 2.05) is 0 Å². The van der Waals surface area contributed by atoms with Crippen LogP contribution in [0.4, 0.5) is 0 Å². The first-order valence-corrected chi connectivity index (χ1v) is 14.7. The summed E-state index contributed by atoms with van der Waals surface area (Å²) in [5.41, 5.74) is 0.684. The lowest BCUT2D eigenvalue weighted by atomic mass is 10.0. The number of esters is 2. The van der Waals surface area contributed by atoms with Gasteiger partial charge < -0.3 is 14.2 Å². The van der Waals surface area contributed by atoms with Crippen molar-refractivity contribution in [3.63, 3.8) is 0 Å². The molecule has 0 N–H and O–H groups in total. The summed E-state index contributed by atoms with van der Waals surface area (Å²) in [4.78, 5) is 78.1. The first kappa shape index (κ1) is 31.6. The molecule has 0 aromatic heterocycles. The molecule has 11 heteroatoms. The Balaban J connectivity index is 0.000000767. The van der Waals surface area contributed by atoms with E-state index < -0.39 is 35.6 Å². The Labute approximate surface area is 250 Å². The second-order valence-corrected chi connectivity index (χ2v) is 10.2. The lowest BCUT2D eigenvalue weighted by Crippen LogP contribution is -2.31. The number of unbranched alkanes of at least 4 members (excludes halogenated alkanes) is 3. The molecule has 0 atom stereocenters. The van der Waals surface area contributed by atoms with E-state index in [0.717, 1.165) is 23.0 Å². The number of benzene rings is 2. The Hall–Kier alpha value is -4.38. The smallest absolute Gasteiger partial charge is 0.338 e. The minimum Gasteiger partial charge on any atom is -0.462 e. The first-order valence-electron chi connectivity index (χ1n) is 14.7. The zero-order valence-electron chi connectivity index (χ0n) is 24.5. The summed E-state index contributed by atoms with van der Waals surface area (Å²) >= 11 is 0. The van der Waals surface area contributed by atoms with Crippen LogP contribution in [0.15, 0.2) is 36.4 Å². The molecule has 0 radical (unpaired) electrons. The summed E-state index contributed by atoms with van der Waals surface area (Å²) in [6.07, 6.45) is 4.90. The topological polar surface area (TPSA) is 137 Å². The number of imide groups is 2. The monoisotopic (exact) mass is 592 g/mol. The molecule has 3 aliphatic rings. The van der Waals surface area contributed by atoms with Gasteiger partial charge in [-0.25, -0.2) is 9.59 Å². The van der Waals surface area contributed by atoms with E-state index in [9.17, 15) is 28.8 Å². The van der Waals surface area contributed by atoms with Crippen LogP contribution in [0, 0.1) is 0 Å². The highest BCUT2D eigenvalue weighted by Gasteiger charge is 2.39. The summed E-state index contributed by atoms with van der Waals surface area (Å²) in [5, 5.41) is 0. The van der Waals surface area contributed by atoms with E-state index in [0.29, 0.717) is 25.7 Å². The van der Waals surface area contributed by atoms with Gasteiger partial charge in [-0.15, -0.1) is 0 Å². The molecule has 0 bridgehead atoms. The van der Waals surface area contributed by atoms with Crippen molar-refractivity contribution in [2.75, 3.05) is 39.5 Å². The van der Waals surface area contributed by atoms with Crippen molar-refractivity contribution in [2.45, 2.75) is 52.4 Å². The molecule has 0 aliphatic carbocycles. The molecule has 5 rings (SSSR count). The fourth-order valence-electron chi connectivity index (χ4n) is 5.23. The van der Waals surface area contributed by atoms with Crippen LogP contribution in [-0.4, -0.2) is 84.9 Å². The number of nitrogens with zero attached hydrogens (tertiary/aromatic N) is 2. The molecule has 2 aromatic rings. The van der Waals surface area contributed by atoms with Crippen LogP contribution in [0.3, 0.4) is 0 Å². The van der Waals surface area contributed by atoms with Crippen LogP contribution in [-0.2, 0) is 14.2 Å². The van der Waals surface area contributed by atoms with Gasteiger partial charge >= 0.3 is 11.9 Å². The molecule has 228 valence electrons. The quantitative estimate of drug-likeness (QED) is 0.213. The van der Waals surface area contributed by atoms with Crippen LogP contribution in [0.1, 0.15) is 115 Å². The predicted molar refractivity (Wildman–Crippen MR) is 154 cm³/mol. The van der Waals surface area contributed by atoms with E-state index in [1.165, 1.54) is 37.1 Å². The minimum absolute atomic E-state index is 0.0729. The molecule has 1 fully saturated rings. The Kier molecular flexibility index (Phi) is 10.8. The van der Waals surface area contributed by atoms with Crippen molar-refractivity contribution in [1.29, 1.82) is 0 Å². The number of hydrogen-bond acceptors (Lipinski definition) is 9. The van der Waals surface area contributed by atoms with E-state index in [2.05, 4.69) is 0 Å². The zero-order chi connectivity index (χ0) is 30.9. The molecule has 3 aliphatic heterocycles. The number of amides is 4. The summed E-state index contributed by atoms with van der Waals surface area (Å²) in [6, 6.07) is 9.09. The van der Waals surface area contributed by atoms with E-state index in [-0.39, 0.29) is 59.7 Å². The fourth-order valence-corrected chi connectivity index (χ4v) is 5.23. The summed E-state index contributed by atoms with van der Waals surface area (Å²) in [7, 11) is 0. The van der Waals surface area contributed by atoms with Gasteiger partial charge in [0.25, 0.3) is 23.6 Å². The van der Waals surface area contributed by atoms with Gasteiger partial charge in [-0.1, -0.05) is 25.0 Å². The molecule has 11 nitrogen and oxygen atoms in total. The predicted octanol–water partition coefficient (Wildman–Crippen LogP) is 4.29. The zero-order valence-corrected chi connectivity index (χ0v) is 24.5. The maximum Gasteiger partial charge on any atom is 0.338 e. The number of carbonyl (C=O) groups is 6. The summed E-state index contributed by atoms with van der Waals surface area (Å²) in [5.74, 6) is -3.21. The number of ether oxygens (including phenoxy) is 3. The van der Waals surface area contributed by atoms with Gasteiger partial charge in [0.05, 0.1) is 46.6 Å². The van der Waals surface area contributed by atoms with Crippen LogP contribution in [0.2, 0.25) is 0 Å². The first-order chi connectivity index (χ1) is 20.8. The molecule has 1 saturated heterocycles. The number of rotatable bonds is 11. The van der Waals surface area contributed by atoms with E-state index >= 15 is 0 Å². The van der Waals surface area contributed by atoms with E-state index in [4.69, 9.17) is 14.2 Å². The Morgan fingerprint density at radius 2 is 1.07 bits per heavy atom. The molecule has 2 aromatic carbocycles. The molecular weight excluding hydrogens is 556 g/mol. The number of carbonyl (C=O) groups excluding carboxylic acids is 6. The number of fused-ring (bicyclic) bond motifs is 2. The Morgan fingerprint density at radius 1 is 0.651 bits per heavy atom. The summed E-state index contributed by atoms with van der Waals surface area (Å²) < 4.78 is 15.0. The van der Waals surface area contributed by atoms with Gasteiger partial charge in [-0.3, -0.25) is 29.0 Å². The third kappa shape index (κ3) is 6.83. The van der Waals surface area contributed by atoms with Gasteiger partial charge in [0.2, 0.25) is 0 Å². The van der Waals surface area contributed by atoms with Crippen molar-refractivity contribution in [2.24, 2.45) is 0 Å². The van der Waals surface area contributed by atoms with Crippen molar-refractivity contribution in [3.05, 3.63) is 69.8 Å². The second-order valence-electron chi connectivity index (χ2n) is 10.2. The SMILES string of the molecule is C1CCOC1.CCOC(=O)c1cccc2c1C(=O)N(CCCCCCN1C(=O)c3cccc(C(=O)OCC)c3C1=O)C2=O. The van der Waals surface area contributed by atoms with Crippen molar-refractivity contribution >= 4 is 35.6 Å². The van der Waals surface area contributed by atoms with Gasteiger partial charge in [-0.2, -0.15) is 0 Å². The maximum atomic E-state index is 12.9. The molecule has 3 heterocycles. The molecule has 0 saturated carbocycles. The van der Waals surface area contributed by atoms with Gasteiger partial charge in [-0.05, 0) is 63.8 Å². The third-order valence-electron chi connectivity index (χ3n) is 7.33. The normalized spacial score (nSPS) is 15.3. The molecule has 43 heavy (non-hydrogen) atoms. The van der Waals surface area contributed by atoms with Crippen LogP contribution in [0.25, 0.3) is 0 Å². The number of hydrogen-bond donors (Lipinski definition) is 0. The van der Waals surface area contributed by atoms with E-state index in [1.54, 1.807) is 26.0 Å². The van der Waals surface area contributed by atoms with Crippen LogP contribution < -0.4 is 0 Å². The standard InChI is InChI=1S/C28H28N2O8.C4H8O/c1-3-37-27(35)19-13-9-11-17-21(19)25(33)29(23(17)31)15-7-5-6-8-16-30-24(32)18-12-10-14-20(22(18)26(30)34)28(36)38-4-2;1-2-4-5-3-1/h9-14H,3-8,15-16H2,1-2H3;1-4H2. The Bertz CT molecular complexity index is 1300. The van der Waals surface area contributed by atoms with Gasteiger partial charge in [0, 0.05) is 26.3 Å². The van der Waals surface area contributed by atoms with Crippen LogP contribution in [0.5, 0.6) is 0 Å². The maximum absolute atomic E-state index is 12.9. The highest BCUT2D eigenvalue weighted by Crippen LogP contribution is 2.29. The van der Waals surface area contributed by atoms with Crippen LogP contribution >= 0.6 is 0 Å². The van der Waals surface area contributed by atoms with Crippen molar-refractivity contribution in [1.82, 2.24) is 9.80 Å². The second kappa shape index (κ2) is 14.7. The lowest BCUT2D eigenvalue weighted by molar-refractivity contribution is 0.0512. The van der Waals surface area contributed by atoms with Crippen molar-refractivity contribution < 1.29 is 43.0 Å². The average molecular weight is 593 g/mol. The van der Waals surface area contributed by atoms with Crippen molar-refractivity contribution in [3.8, 4) is 0 Å². The molecule has 4 amide bonds. The van der Waals surface area contributed by atoms with Gasteiger partial charge in [0.15, 0.2) is 0 Å². The largest absolute Gasteiger partial charge is 0.462 e. The molecule has 0 spiro atoms. The highest BCUT2D eigenvalue weighted by atomic mass is 16.5. The molecule has 0 unspecified atom stereocenters. The van der Waals surface area contributed by atoms with Gasteiger partial charge in [0.1, 0.15) is 0 Å². The Morgan fingerprint density at radius 3 is 1.42 bits per heavy atom.